The van der Waals surface area contributed by atoms with Gasteiger partial charge in [0.05, 0.1) is 30.3 Å². The maximum absolute atomic E-state index is 14.4. The Hall–Kier alpha value is -4.50. The van der Waals surface area contributed by atoms with Crippen molar-refractivity contribution in [2.75, 3.05) is 39.5 Å². The van der Waals surface area contributed by atoms with E-state index < -0.39 is 57.9 Å². The molecule has 12 nitrogen and oxygen atoms in total. The molecular weight excluding hydrogens is 639 g/mol. The lowest BCUT2D eigenvalue weighted by Gasteiger charge is -2.33. The highest BCUT2D eigenvalue weighted by Gasteiger charge is 2.51. The number of benzene rings is 2. The minimum atomic E-state index is -5.13. The second-order valence-corrected chi connectivity index (χ2v) is 10.8. The number of para-hydroxylation sites is 2. The summed E-state index contributed by atoms with van der Waals surface area (Å²) in [4.78, 5) is 41.4. The fraction of sp³-hybridized carbons (Fsp3) is 0.485. The number of alkyl halides is 3. The van der Waals surface area contributed by atoms with Gasteiger partial charge < -0.3 is 29.4 Å². The fourth-order valence-electron chi connectivity index (χ4n) is 5.10. The number of allylic oxidation sites excluding steroid dienone is 1. The van der Waals surface area contributed by atoms with Crippen LogP contribution in [0, 0.1) is 16.0 Å². The van der Waals surface area contributed by atoms with Crippen LogP contribution in [0.2, 0.25) is 0 Å². The van der Waals surface area contributed by atoms with E-state index in [0.717, 1.165) is 6.07 Å². The van der Waals surface area contributed by atoms with Crippen molar-refractivity contribution < 1.29 is 51.7 Å². The number of ether oxygens (including phenoxy) is 4. The van der Waals surface area contributed by atoms with Crippen molar-refractivity contribution in [3.05, 3.63) is 75.5 Å². The van der Waals surface area contributed by atoms with Crippen molar-refractivity contribution in [3.63, 3.8) is 0 Å². The molecule has 0 bridgehead atoms. The molecule has 48 heavy (non-hydrogen) atoms. The third-order valence-corrected chi connectivity index (χ3v) is 7.22. The first-order valence-electron chi connectivity index (χ1n) is 15.6. The summed E-state index contributed by atoms with van der Waals surface area (Å²) in [5, 5.41) is 25.3. The number of hydrogen-bond donors (Lipinski definition) is 2. The van der Waals surface area contributed by atoms with Gasteiger partial charge in [0, 0.05) is 29.8 Å². The second-order valence-electron chi connectivity index (χ2n) is 10.8. The van der Waals surface area contributed by atoms with E-state index in [1.807, 2.05) is 18.2 Å². The van der Waals surface area contributed by atoms with Crippen molar-refractivity contribution in [2.45, 2.75) is 58.2 Å². The summed E-state index contributed by atoms with van der Waals surface area (Å²) in [6.45, 7) is 4.68. The number of carbonyl (C=O) groups excluding carboxylic acids is 2. The summed E-state index contributed by atoms with van der Waals surface area (Å²) in [6, 6.07) is 12.7. The molecule has 0 aromatic heterocycles. The summed E-state index contributed by atoms with van der Waals surface area (Å²) in [6.07, 6.45) is -4.63. The minimum absolute atomic E-state index is 0.0523. The maximum Gasteiger partial charge on any atom is 0.433 e. The van der Waals surface area contributed by atoms with E-state index in [0.29, 0.717) is 31.6 Å². The molecule has 2 aromatic carbocycles. The smallest absolute Gasteiger partial charge is 0.433 e. The number of carbonyl (C=O) groups is 2. The summed E-state index contributed by atoms with van der Waals surface area (Å²) in [5.74, 6) is -5.35. The van der Waals surface area contributed by atoms with Crippen LogP contribution in [0.15, 0.2) is 64.8 Å². The van der Waals surface area contributed by atoms with Crippen molar-refractivity contribution in [1.82, 2.24) is 5.32 Å². The molecule has 3 atom stereocenters. The Labute approximate surface area is 276 Å². The first-order chi connectivity index (χ1) is 22.9. The molecule has 0 spiro atoms. The largest absolute Gasteiger partial charge is 0.491 e. The third kappa shape index (κ3) is 10.2. The van der Waals surface area contributed by atoms with Crippen molar-refractivity contribution in [2.24, 2.45) is 10.9 Å². The monoisotopic (exact) mass is 679 g/mol. The summed E-state index contributed by atoms with van der Waals surface area (Å²) in [5.41, 5.74) is -3.59. The number of aliphatic hydroxyl groups is 1. The number of nitrogens with zero attached hydrogens (tertiary/aromatic N) is 2. The van der Waals surface area contributed by atoms with Gasteiger partial charge in [0.15, 0.2) is 5.70 Å². The van der Waals surface area contributed by atoms with E-state index in [1.54, 1.807) is 19.1 Å². The van der Waals surface area contributed by atoms with E-state index >= 15 is 0 Å². The number of hydrogen-bond acceptors (Lipinski definition) is 11. The third-order valence-electron chi connectivity index (χ3n) is 7.22. The van der Waals surface area contributed by atoms with Crippen LogP contribution in [-0.2, 0) is 19.1 Å². The maximum atomic E-state index is 14.4. The Balaban J connectivity index is 1.85. The molecule has 0 saturated carbocycles. The average Bonchev–Trinajstić information content (AvgIpc) is 3.05. The Morgan fingerprint density at radius 2 is 1.77 bits per heavy atom. The van der Waals surface area contributed by atoms with E-state index in [-0.39, 0.29) is 50.0 Å². The molecule has 2 aromatic rings. The molecule has 262 valence electrons. The first-order valence-corrected chi connectivity index (χ1v) is 15.6. The average molecular weight is 680 g/mol. The van der Waals surface area contributed by atoms with Crippen LogP contribution in [0.5, 0.6) is 11.5 Å². The topological polar surface area (TPSA) is 159 Å². The molecule has 0 fully saturated rings. The summed E-state index contributed by atoms with van der Waals surface area (Å²) >= 11 is 0. The van der Waals surface area contributed by atoms with Crippen molar-refractivity contribution >= 4 is 23.3 Å². The summed E-state index contributed by atoms with van der Waals surface area (Å²) in [7, 11) is 0. The number of nitro groups is 1. The van der Waals surface area contributed by atoms with Crippen LogP contribution in [0.3, 0.4) is 0 Å². The molecule has 15 heteroatoms. The second kappa shape index (κ2) is 18.2. The van der Waals surface area contributed by atoms with Gasteiger partial charge in [-0.3, -0.25) is 19.9 Å². The zero-order valence-electron chi connectivity index (χ0n) is 27.0. The molecule has 1 heterocycles. The van der Waals surface area contributed by atoms with Gasteiger partial charge in [0.2, 0.25) is 5.75 Å². The number of nitro benzene ring substituents is 1. The Bertz CT molecular complexity index is 1470. The number of rotatable bonds is 18. The Kier molecular flexibility index (Phi) is 14.4. The number of unbranched alkanes of at least 4 members (excludes halogenated alkanes) is 1. The van der Waals surface area contributed by atoms with Gasteiger partial charge in [-0.2, -0.15) is 13.2 Å². The number of aliphatic hydroxyl groups excluding tert-OH is 1. The van der Waals surface area contributed by atoms with Crippen LogP contribution >= 0.6 is 0 Å². The molecule has 2 N–H and O–H groups in total. The van der Waals surface area contributed by atoms with Gasteiger partial charge in [-0.25, -0.2) is 4.79 Å². The number of halogens is 3. The predicted molar refractivity (Wildman–Crippen MR) is 169 cm³/mol. The highest BCUT2D eigenvalue weighted by Crippen LogP contribution is 2.49. The van der Waals surface area contributed by atoms with E-state index in [1.165, 1.54) is 26.0 Å². The highest BCUT2D eigenvalue weighted by molar-refractivity contribution is 6.07. The molecule has 1 aliphatic rings. The quantitative estimate of drug-likeness (QED) is 0.0918. The zero-order chi connectivity index (χ0) is 35.3. The van der Waals surface area contributed by atoms with E-state index in [2.05, 4.69) is 10.3 Å². The van der Waals surface area contributed by atoms with Gasteiger partial charge >= 0.3 is 23.8 Å². The van der Waals surface area contributed by atoms with Gasteiger partial charge in [0.1, 0.15) is 24.4 Å². The van der Waals surface area contributed by atoms with E-state index in [9.17, 15) is 38.0 Å². The first kappa shape index (κ1) is 38.0. The molecule has 0 saturated heterocycles. The molecule has 0 amide bonds. The van der Waals surface area contributed by atoms with Crippen molar-refractivity contribution in [1.29, 1.82) is 0 Å². The van der Waals surface area contributed by atoms with Crippen LogP contribution < -0.4 is 14.8 Å². The summed E-state index contributed by atoms with van der Waals surface area (Å²) < 4.78 is 64.7. The SMILES string of the molecule is CCCOC(=O)C1C(C)=NC(C(F)(F)F)=C(C(=O)OCC)C1c1cccc([N+](=O)[O-])c1OCCCCNCC(O)COc1ccccc1. The Morgan fingerprint density at radius 1 is 1.04 bits per heavy atom. The molecule has 0 aliphatic carbocycles. The lowest BCUT2D eigenvalue weighted by Crippen LogP contribution is -2.39. The molecule has 1 aliphatic heterocycles. The van der Waals surface area contributed by atoms with Gasteiger partial charge in [-0.15, -0.1) is 0 Å². The van der Waals surface area contributed by atoms with Gasteiger partial charge in [-0.05, 0) is 51.8 Å². The highest BCUT2D eigenvalue weighted by atomic mass is 19.4. The molecular formula is C33H40F3N3O9. The van der Waals surface area contributed by atoms with Crippen LogP contribution in [0.4, 0.5) is 18.9 Å². The fourth-order valence-corrected chi connectivity index (χ4v) is 5.10. The van der Waals surface area contributed by atoms with Gasteiger partial charge in [0.25, 0.3) is 0 Å². The molecule has 0 radical (unpaired) electrons. The standard InChI is InChI=1S/C33H40F3N3O9/c1-4-17-47-31(41)26-21(3)38-30(33(34,35)36)28(32(42)45-5-2)27(26)24-14-11-15-25(39(43)44)29(24)46-18-10-9-16-37-19-22(40)20-48-23-12-7-6-8-13-23/h6-8,11-15,22,26-27,37,40H,4-5,9-10,16-20H2,1-3H3. The van der Waals surface area contributed by atoms with Gasteiger partial charge in [-0.1, -0.05) is 37.3 Å². The number of esters is 2. The van der Waals surface area contributed by atoms with Crippen molar-refractivity contribution in [3.8, 4) is 11.5 Å². The number of nitrogens with one attached hydrogen (secondary N) is 1. The Morgan fingerprint density at radius 3 is 2.42 bits per heavy atom. The number of aliphatic imine (C=N–C) groups is 1. The lowest BCUT2D eigenvalue weighted by molar-refractivity contribution is -0.386. The molecule has 3 unspecified atom stereocenters. The van der Waals surface area contributed by atoms with Crippen LogP contribution in [-0.4, -0.2) is 79.5 Å². The molecule has 3 rings (SSSR count). The zero-order valence-corrected chi connectivity index (χ0v) is 27.0. The minimum Gasteiger partial charge on any atom is -0.491 e. The van der Waals surface area contributed by atoms with Crippen LogP contribution in [0.25, 0.3) is 0 Å². The van der Waals surface area contributed by atoms with Crippen LogP contribution in [0.1, 0.15) is 51.5 Å². The normalized spacial score (nSPS) is 16.9. The lowest BCUT2D eigenvalue weighted by atomic mass is 9.75. The van der Waals surface area contributed by atoms with E-state index in [4.69, 9.17) is 18.9 Å². The predicted octanol–water partition coefficient (Wildman–Crippen LogP) is 5.29.